The summed E-state index contributed by atoms with van der Waals surface area (Å²) in [5, 5.41) is 18.3. The number of ether oxygens (including phenoxy) is 2. The fourth-order valence-electron chi connectivity index (χ4n) is 5.18. The lowest BCUT2D eigenvalue weighted by molar-refractivity contribution is -0.161. The Balaban J connectivity index is 4.47. The van der Waals surface area contributed by atoms with Crippen LogP contribution < -0.4 is 0 Å². The quantitative estimate of drug-likeness (QED) is 0.0237. The number of esters is 2. The maximum atomic E-state index is 12.6. The van der Waals surface area contributed by atoms with Gasteiger partial charge >= 0.3 is 19.8 Å². The van der Waals surface area contributed by atoms with Gasteiger partial charge < -0.3 is 24.6 Å². The number of phosphoric acid groups is 1. The lowest BCUT2D eigenvalue weighted by Crippen LogP contribution is -2.29. The summed E-state index contributed by atoms with van der Waals surface area (Å²) in [6.07, 6.45) is 48.4. The van der Waals surface area contributed by atoms with E-state index in [0.29, 0.717) is 12.8 Å². The molecule has 0 spiro atoms. The van der Waals surface area contributed by atoms with E-state index in [4.69, 9.17) is 19.1 Å². The van der Waals surface area contributed by atoms with E-state index >= 15 is 0 Å². The highest BCUT2D eigenvalue weighted by molar-refractivity contribution is 7.47. The fourth-order valence-corrected chi connectivity index (χ4v) is 5.97. The number of carbonyl (C=O) groups excluding carboxylic acids is 2. The minimum atomic E-state index is -4.64. The number of hydrogen-bond acceptors (Lipinski definition) is 9. The molecule has 0 radical (unpaired) electrons. The van der Waals surface area contributed by atoms with Gasteiger partial charge in [0.2, 0.25) is 0 Å². The molecule has 326 valence electrons. The van der Waals surface area contributed by atoms with Crippen LogP contribution >= 0.6 is 7.82 Å². The highest BCUT2D eigenvalue weighted by atomic mass is 31.2. The molecule has 10 nitrogen and oxygen atoms in total. The molecule has 0 bridgehead atoms. The third-order valence-corrected chi connectivity index (χ3v) is 9.49. The third-order valence-electron chi connectivity index (χ3n) is 8.54. The van der Waals surface area contributed by atoms with E-state index in [0.717, 1.165) is 70.6 Å². The number of carbonyl (C=O) groups is 2. The highest BCUT2D eigenvalue weighted by Crippen LogP contribution is 2.43. The first-order chi connectivity index (χ1) is 27.7. The standard InChI is InChI=1S/C46H77O10P/c1-3-5-7-9-11-13-15-17-19-20-21-22-24-25-27-29-31-33-35-37-45(49)53-41-44(42-55-57(51,52)54-40-43(48)39-47)56-46(50)38-36-34-32-30-28-26-23-18-16-14-12-10-8-6-4-2/h11-14,17-19,21-23,25,27,31,33,43-44,47-48H,3-10,15-16,20,24,26,28-30,32,34-42H2,1-2H3,(H,51,52)/b13-11+,14-12+,19-17+,22-21+,23-18+,27-25+,33-31+/t43-,44+/m0/s1. The van der Waals surface area contributed by atoms with Crippen LogP contribution in [0.25, 0.3) is 0 Å². The Bertz CT molecular complexity index is 1220. The van der Waals surface area contributed by atoms with Crippen LogP contribution in [-0.2, 0) is 32.7 Å². The topological polar surface area (TPSA) is 149 Å². The number of hydrogen-bond donors (Lipinski definition) is 3. The molecule has 0 saturated heterocycles. The number of aliphatic hydroxyl groups excluding tert-OH is 2. The molecular formula is C46H77O10P. The summed E-state index contributed by atoms with van der Waals surface area (Å²) in [6.45, 7) is 2.20. The maximum Gasteiger partial charge on any atom is 0.472 e. The zero-order valence-electron chi connectivity index (χ0n) is 35.3. The Hall–Kier alpha value is -2.85. The van der Waals surface area contributed by atoms with Crippen molar-refractivity contribution < 1.29 is 47.8 Å². The van der Waals surface area contributed by atoms with E-state index in [9.17, 15) is 24.2 Å². The van der Waals surface area contributed by atoms with Gasteiger partial charge in [-0.05, 0) is 83.5 Å². The van der Waals surface area contributed by atoms with E-state index in [1.165, 1.54) is 44.9 Å². The first kappa shape index (κ1) is 54.2. The number of phosphoric ester groups is 1. The minimum Gasteiger partial charge on any atom is -0.462 e. The predicted octanol–water partition coefficient (Wildman–Crippen LogP) is 11.4. The number of unbranched alkanes of at least 4 members (excludes halogenated alkanes) is 11. The second kappa shape index (κ2) is 41.3. The van der Waals surface area contributed by atoms with Crippen LogP contribution in [-0.4, -0.2) is 65.7 Å². The molecule has 0 rings (SSSR count). The molecule has 11 heteroatoms. The lowest BCUT2D eigenvalue weighted by atomic mass is 10.1. The van der Waals surface area contributed by atoms with Gasteiger partial charge in [-0.2, -0.15) is 0 Å². The van der Waals surface area contributed by atoms with Crippen LogP contribution in [0.3, 0.4) is 0 Å². The van der Waals surface area contributed by atoms with Gasteiger partial charge in [0.05, 0.1) is 19.8 Å². The molecule has 0 aliphatic rings. The van der Waals surface area contributed by atoms with Crippen LogP contribution in [0.2, 0.25) is 0 Å². The van der Waals surface area contributed by atoms with Gasteiger partial charge in [-0.15, -0.1) is 0 Å². The van der Waals surface area contributed by atoms with Gasteiger partial charge in [0.1, 0.15) is 12.7 Å². The van der Waals surface area contributed by atoms with Crippen molar-refractivity contribution in [3.05, 3.63) is 85.1 Å². The van der Waals surface area contributed by atoms with Gasteiger partial charge in [0.15, 0.2) is 6.10 Å². The highest BCUT2D eigenvalue weighted by Gasteiger charge is 2.27. The molecule has 0 fully saturated rings. The van der Waals surface area contributed by atoms with E-state index < -0.39 is 51.8 Å². The van der Waals surface area contributed by atoms with Crippen molar-refractivity contribution >= 4 is 19.8 Å². The second-order valence-corrected chi connectivity index (χ2v) is 15.5. The van der Waals surface area contributed by atoms with Gasteiger partial charge in [-0.3, -0.25) is 18.6 Å². The largest absolute Gasteiger partial charge is 0.472 e. The van der Waals surface area contributed by atoms with Gasteiger partial charge in [0.25, 0.3) is 0 Å². The predicted molar refractivity (Wildman–Crippen MR) is 233 cm³/mol. The molecule has 0 amide bonds. The van der Waals surface area contributed by atoms with Crippen molar-refractivity contribution in [2.45, 2.75) is 167 Å². The van der Waals surface area contributed by atoms with Gasteiger partial charge in [-0.25, -0.2) is 4.57 Å². The fraction of sp³-hybridized carbons (Fsp3) is 0.652. The minimum absolute atomic E-state index is 0.110. The molecule has 0 aromatic heterocycles. The van der Waals surface area contributed by atoms with E-state index in [2.05, 4.69) is 91.3 Å². The number of aliphatic hydroxyl groups is 2. The Labute approximate surface area is 345 Å². The summed E-state index contributed by atoms with van der Waals surface area (Å²) in [7, 11) is -4.64. The summed E-state index contributed by atoms with van der Waals surface area (Å²) in [5.41, 5.74) is 0. The Morgan fingerprint density at radius 3 is 1.44 bits per heavy atom. The molecule has 0 saturated carbocycles. The molecule has 0 aliphatic heterocycles. The van der Waals surface area contributed by atoms with Crippen LogP contribution in [0.4, 0.5) is 0 Å². The normalized spacial score (nSPS) is 14.7. The molecular weight excluding hydrogens is 743 g/mol. The molecule has 0 aromatic rings. The third kappa shape index (κ3) is 41.1. The summed E-state index contributed by atoms with van der Waals surface area (Å²) in [5.74, 6) is -1.05. The van der Waals surface area contributed by atoms with E-state index in [-0.39, 0.29) is 19.4 Å². The molecule has 3 atom stereocenters. The van der Waals surface area contributed by atoms with Crippen molar-refractivity contribution in [3.63, 3.8) is 0 Å². The van der Waals surface area contributed by atoms with Crippen molar-refractivity contribution in [2.75, 3.05) is 26.4 Å². The monoisotopic (exact) mass is 821 g/mol. The molecule has 0 aromatic carbocycles. The van der Waals surface area contributed by atoms with Crippen molar-refractivity contribution in [2.24, 2.45) is 0 Å². The first-order valence-electron chi connectivity index (χ1n) is 21.5. The van der Waals surface area contributed by atoms with Crippen LogP contribution in [0.5, 0.6) is 0 Å². The van der Waals surface area contributed by atoms with Gasteiger partial charge in [0, 0.05) is 12.8 Å². The molecule has 0 aliphatic carbocycles. The second-order valence-electron chi connectivity index (χ2n) is 14.0. The molecule has 0 heterocycles. The summed E-state index contributed by atoms with van der Waals surface area (Å²) < 4.78 is 32.6. The lowest BCUT2D eigenvalue weighted by Gasteiger charge is -2.20. The van der Waals surface area contributed by atoms with Crippen LogP contribution in [0.15, 0.2) is 85.1 Å². The van der Waals surface area contributed by atoms with E-state index in [1.54, 1.807) is 0 Å². The molecule has 1 unspecified atom stereocenters. The van der Waals surface area contributed by atoms with E-state index in [1.807, 2.05) is 12.2 Å². The summed E-state index contributed by atoms with van der Waals surface area (Å²) in [6, 6.07) is 0. The Kier molecular flexibility index (Phi) is 39.2. The average Bonchev–Trinajstić information content (AvgIpc) is 3.20. The number of rotatable bonds is 39. The molecule has 3 N–H and O–H groups in total. The average molecular weight is 821 g/mol. The smallest absolute Gasteiger partial charge is 0.462 e. The zero-order valence-corrected chi connectivity index (χ0v) is 36.2. The summed E-state index contributed by atoms with van der Waals surface area (Å²) >= 11 is 0. The number of allylic oxidation sites excluding steroid dienone is 14. The van der Waals surface area contributed by atoms with Gasteiger partial charge in [-0.1, -0.05) is 144 Å². The van der Waals surface area contributed by atoms with Crippen molar-refractivity contribution in [3.8, 4) is 0 Å². The SMILES string of the molecule is CCCCC/C=C/C/C=C/C/C=C/C/C=C/C/C=C/CCC(=O)OC[C@H](COP(=O)(O)OC[C@@H](O)CO)OC(=O)CCCCCCC/C=C/C/C=C/CCCCC. The Morgan fingerprint density at radius 1 is 0.526 bits per heavy atom. The van der Waals surface area contributed by atoms with Crippen molar-refractivity contribution in [1.29, 1.82) is 0 Å². The Morgan fingerprint density at radius 2 is 0.947 bits per heavy atom. The first-order valence-corrected chi connectivity index (χ1v) is 23.0. The molecule has 57 heavy (non-hydrogen) atoms. The van der Waals surface area contributed by atoms with Crippen LogP contribution in [0, 0.1) is 0 Å². The van der Waals surface area contributed by atoms with Crippen LogP contribution in [0.1, 0.15) is 155 Å². The van der Waals surface area contributed by atoms with Crippen molar-refractivity contribution in [1.82, 2.24) is 0 Å². The maximum absolute atomic E-state index is 12.6. The zero-order chi connectivity index (χ0) is 41.9. The summed E-state index contributed by atoms with van der Waals surface area (Å²) in [4.78, 5) is 34.9.